The van der Waals surface area contributed by atoms with E-state index in [2.05, 4.69) is 0 Å². The quantitative estimate of drug-likeness (QED) is 0.777. The first-order valence-electron chi connectivity index (χ1n) is 4.77. The minimum absolute atomic E-state index is 0. The van der Waals surface area contributed by atoms with Crippen molar-refractivity contribution < 1.29 is 4.79 Å². The van der Waals surface area contributed by atoms with E-state index in [1.807, 2.05) is 23.9 Å². The van der Waals surface area contributed by atoms with Gasteiger partial charge in [-0.3, -0.25) is 4.79 Å². The minimum atomic E-state index is 0. The second-order valence-electron chi connectivity index (χ2n) is 3.96. The lowest BCUT2D eigenvalue weighted by Crippen LogP contribution is -2.45. The van der Waals surface area contributed by atoms with E-state index in [1.54, 1.807) is 0 Å². The van der Waals surface area contributed by atoms with Crippen LogP contribution < -0.4 is 5.73 Å². The van der Waals surface area contributed by atoms with Crippen LogP contribution in [0.1, 0.15) is 12.8 Å². The monoisotopic (exact) mass is 257 g/mol. The van der Waals surface area contributed by atoms with Gasteiger partial charge in [-0.25, -0.2) is 0 Å². The van der Waals surface area contributed by atoms with Crippen LogP contribution in [0.4, 0.5) is 0 Å². The van der Waals surface area contributed by atoms with Crippen LogP contribution in [0.5, 0.6) is 0 Å². The third-order valence-corrected chi connectivity index (χ3v) is 2.34. The molecule has 1 aliphatic rings. The molecule has 92 valence electrons. The highest BCUT2D eigenvalue weighted by Crippen LogP contribution is 2.08. The first kappa shape index (κ1) is 17.4. The summed E-state index contributed by atoms with van der Waals surface area (Å²) < 4.78 is 0. The van der Waals surface area contributed by atoms with Crippen molar-refractivity contribution in [3.05, 3.63) is 0 Å². The zero-order chi connectivity index (χ0) is 9.84. The van der Waals surface area contributed by atoms with Crippen molar-refractivity contribution in [2.24, 2.45) is 5.73 Å². The van der Waals surface area contributed by atoms with E-state index in [4.69, 9.17) is 5.73 Å². The van der Waals surface area contributed by atoms with Gasteiger partial charge in [0.25, 0.3) is 0 Å². The molecule has 1 rings (SSSR count). The van der Waals surface area contributed by atoms with E-state index in [-0.39, 0.29) is 30.7 Å². The number of amides is 1. The molecule has 0 aromatic rings. The molecule has 6 heteroatoms. The van der Waals surface area contributed by atoms with E-state index in [9.17, 15) is 4.79 Å². The topological polar surface area (TPSA) is 49.6 Å². The molecule has 0 aromatic heterocycles. The Morgan fingerprint density at radius 1 is 1.33 bits per heavy atom. The van der Waals surface area contributed by atoms with E-state index < -0.39 is 0 Å². The second-order valence-corrected chi connectivity index (χ2v) is 3.96. The smallest absolute Gasteiger partial charge is 0.236 e. The fourth-order valence-corrected chi connectivity index (χ4v) is 1.52. The van der Waals surface area contributed by atoms with Crippen LogP contribution >= 0.6 is 24.8 Å². The maximum absolute atomic E-state index is 11.6. The summed E-state index contributed by atoms with van der Waals surface area (Å²) in [5, 5.41) is 0. The zero-order valence-electron chi connectivity index (χ0n) is 9.31. The number of hydrogen-bond donors (Lipinski definition) is 1. The normalized spacial score (nSPS) is 16.9. The Morgan fingerprint density at radius 3 is 2.20 bits per heavy atom. The standard InChI is InChI=1S/C9H19N3O.2ClH/c1-11(2)7-9(13)12-5-3-8(10)4-6-12;;/h8H,3-7,10H2,1-2H3;2*1H. The predicted molar refractivity (Wildman–Crippen MR) is 66.8 cm³/mol. The summed E-state index contributed by atoms with van der Waals surface area (Å²) in [6, 6.07) is 0.295. The lowest BCUT2D eigenvalue weighted by molar-refractivity contribution is -0.132. The molecule has 15 heavy (non-hydrogen) atoms. The average molecular weight is 258 g/mol. The minimum Gasteiger partial charge on any atom is -0.341 e. The molecule has 0 atom stereocenters. The van der Waals surface area contributed by atoms with Crippen LogP contribution in [0.25, 0.3) is 0 Å². The lowest BCUT2D eigenvalue weighted by Gasteiger charge is -2.30. The number of likely N-dealkylation sites (tertiary alicyclic amines) is 1. The molecule has 0 radical (unpaired) electrons. The molecule has 0 spiro atoms. The molecule has 1 heterocycles. The Morgan fingerprint density at radius 2 is 1.80 bits per heavy atom. The van der Waals surface area contributed by atoms with Gasteiger partial charge in [0.15, 0.2) is 0 Å². The van der Waals surface area contributed by atoms with Gasteiger partial charge in [-0.05, 0) is 26.9 Å². The van der Waals surface area contributed by atoms with Gasteiger partial charge < -0.3 is 15.5 Å². The SMILES string of the molecule is CN(C)CC(=O)N1CCC(N)CC1.Cl.Cl. The van der Waals surface area contributed by atoms with Gasteiger partial charge in [0.2, 0.25) is 5.91 Å². The number of piperidine rings is 1. The number of likely N-dealkylation sites (N-methyl/N-ethyl adjacent to an activating group) is 1. The highest BCUT2D eigenvalue weighted by Gasteiger charge is 2.20. The Kier molecular flexibility index (Phi) is 9.45. The molecule has 0 saturated carbocycles. The van der Waals surface area contributed by atoms with Crippen molar-refractivity contribution in [2.45, 2.75) is 18.9 Å². The molecule has 2 N–H and O–H groups in total. The number of rotatable bonds is 2. The number of hydrogen-bond acceptors (Lipinski definition) is 3. The van der Waals surface area contributed by atoms with Crippen LogP contribution in [0, 0.1) is 0 Å². The van der Waals surface area contributed by atoms with Crippen LogP contribution in [0.2, 0.25) is 0 Å². The average Bonchev–Trinajstić information content (AvgIpc) is 2.04. The first-order chi connectivity index (χ1) is 6.09. The van der Waals surface area contributed by atoms with Crippen LogP contribution in [0.3, 0.4) is 0 Å². The molecular weight excluding hydrogens is 237 g/mol. The molecule has 1 aliphatic heterocycles. The Balaban J connectivity index is 0. The fraction of sp³-hybridized carbons (Fsp3) is 0.889. The van der Waals surface area contributed by atoms with Crippen LogP contribution in [-0.4, -0.2) is 55.5 Å². The van der Waals surface area contributed by atoms with Gasteiger partial charge in [0.1, 0.15) is 0 Å². The van der Waals surface area contributed by atoms with Gasteiger partial charge >= 0.3 is 0 Å². The maximum Gasteiger partial charge on any atom is 0.236 e. The van der Waals surface area contributed by atoms with E-state index in [1.165, 1.54) is 0 Å². The summed E-state index contributed by atoms with van der Waals surface area (Å²) in [4.78, 5) is 15.4. The van der Waals surface area contributed by atoms with Gasteiger partial charge in [0.05, 0.1) is 6.54 Å². The van der Waals surface area contributed by atoms with Gasteiger partial charge in [-0.15, -0.1) is 24.8 Å². The molecule has 0 aromatic carbocycles. The van der Waals surface area contributed by atoms with Crippen molar-refractivity contribution in [1.29, 1.82) is 0 Å². The predicted octanol–water partition coefficient (Wildman–Crippen LogP) is 0.341. The molecular formula is C9H21Cl2N3O. The number of carbonyl (C=O) groups excluding carboxylic acids is 1. The van der Waals surface area contributed by atoms with Crippen LogP contribution in [-0.2, 0) is 4.79 Å². The summed E-state index contributed by atoms with van der Waals surface area (Å²) in [5.41, 5.74) is 5.75. The second kappa shape index (κ2) is 8.16. The molecule has 4 nitrogen and oxygen atoms in total. The van der Waals surface area contributed by atoms with Gasteiger partial charge in [0, 0.05) is 19.1 Å². The number of nitrogens with zero attached hydrogens (tertiary/aromatic N) is 2. The highest BCUT2D eigenvalue weighted by atomic mass is 35.5. The van der Waals surface area contributed by atoms with Crippen molar-refractivity contribution in [3.63, 3.8) is 0 Å². The maximum atomic E-state index is 11.6. The first-order valence-corrected chi connectivity index (χ1v) is 4.77. The lowest BCUT2D eigenvalue weighted by atomic mass is 10.1. The summed E-state index contributed by atoms with van der Waals surface area (Å²) >= 11 is 0. The Bertz CT molecular complexity index is 182. The summed E-state index contributed by atoms with van der Waals surface area (Å²) in [6.45, 7) is 2.16. The summed E-state index contributed by atoms with van der Waals surface area (Å²) in [5.74, 6) is 0.219. The number of halogens is 2. The zero-order valence-corrected chi connectivity index (χ0v) is 10.9. The van der Waals surface area contributed by atoms with Crippen molar-refractivity contribution >= 4 is 30.7 Å². The summed E-state index contributed by atoms with van der Waals surface area (Å²) in [7, 11) is 3.82. The number of nitrogens with two attached hydrogens (primary N) is 1. The number of carbonyl (C=O) groups is 1. The third kappa shape index (κ3) is 6.20. The molecule has 0 aliphatic carbocycles. The van der Waals surface area contributed by atoms with E-state index in [0.717, 1.165) is 25.9 Å². The van der Waals surface area contributed by atoms with Crippen molar-refractivity contribution in [2.75, 3.05) is 33.7 Å². The summed E-state index contributed by atoms with van der Waals surface area (Å²) in [6.07, 6.45) is 1.89. The molecule has 1 saturated heterocycles. The highest BCUT2D eigenvalue weighted by molar-refractivity contribution is 5.85. The van der Waals surface area contributed by atoms with E-state index in [0.29, 0.717) is 12.6 Å². The van der Waals surface area contributed by atoms with Crippen molar-refractivity contribution in [3.8, 4) is 0 Å². The Labute approximate surface area is 104 Å². The largest absolute Gasteiger partial charge is 0.341 e. The fourth-order valence-electron chi connectivity index (χ4n) is 1.52. The van der Waals surface area contributed by atoms with E-state index >= 15 is 0 Å². The molecule has 1 amide bonds. The van der Waals surface area contributed by atoms with Gasteiger partial charge in [-0.1, -0.05) is 0 Å². The molecule has 0 bridgehead atoms. The van der Waals surface area contributed by atoms with Crippen LogP contribution in [0.15, 0.2) is 0 Å². The van der Waals surface area contributed by atoms with Gasteiger partial charge in [-0.2, -0.15) is 0 Å². The Hall–Kier alpha value is -0.0300. The molecule has 0 unspecified atom stereocenters. The van der Waals surface area contributed by atoms with Crippen molar-refractivity contribution in [1.82, 2.24) is 9.80 Å². The molecule has 1 fully saturated rings. The third-order valence-electron chi connectivity index (χ3n) is 2.34.